The Hall–Kier alpha value is -3.33. The van der Waals surface area contributed by atoms with Crippen molar-refractivity contribution in [2.45, 2.75) is 26.8 Å². The quantitative estimate of drug-likeness (QED) is 0.377. The third kappa shape index (κ3) is 6.34. The first-order chi connectivity index (χ1) is 15.3. The van der Waals surface area contributed by atoms with Crippen molar-refractivity contribution >= 4 is 34.7 Å². The average Bonchev–Trinajstić information content (AvgIpc) is 2.76. The van der Waals surface area contributed by atoms with Gasteiger partial charge in [0.2, 0.25) is 6.04 Å². The monoisotopic (exact) mass is 463 g/mol. The molecule has 0 aromatic heterocycles. The summed E-state index contributed by atoms with van der Waals surface area (Å²) in [6.45, 7) is 5.60. The molecule has 2 aromatic carbocycles. The minimum atomic E-state index is -1.38. The summed E-state index contributed by atoms with van der Waals surface area (Å²) in [6, 6.07) is 6.62. The Bertz CT molecular complexity index is 996. The summed E-state index contributed by atoms with van der Waals surface area (Å²) in [6.07, 6.45) is 0. The van der Waals surface area contributed by atoms with E-state index in [0.29, 0.717) is 36.1 Å². The van der Waals surface area contributed by atoms with Gasteiger partial charge in [0.05, 0.1) is 43.8 Å². The van der Waals surface area contributed by atoms with Gasteiger partial charge in [0.25, 0.3) is 5.91 Å². The van der Waals surface area contributed by atoms with Crippen molar-refractivity contribution < 1.29 is 28.5 Å². The topological polar surface area (TPSA) is 108 Å². The van der Waals surface area contributed by atoms with E-state index in [1.165, 1.54) is 21.1 Å². The lowest BCUT2D eigenvalue weighted by Crippen LogP contribution is -2.32. The molecule has 0 aliphatic rings. The molecule has 0 aliphatic carbocycles. The summed E-state index contributed by atoms with van der Waals surface area (Å²) in [5, 5.41) is 10.9. The van der Waals surface area contributed by atoms with E-state index in [1.54, 1.807) is 37.3 Å². The Kier molecular flexibility index (Phi) is 9.27. The molecule has 0 saturated carbocycles. The van der Waals surface area contributed by atoms with E-state index in [1.807, 2.05) is 6.92 Å². The number of nitrogens with zero attached hydrogens (tertiary/aromatic N) is 2. The van der Waals surface area contributed by atoms with E-state index in [0.717, 1.165) is 0 Å². The van der Waals surface area contributed by atoms with Crippen LogP contribution in [-0.2, 0) is 9.59 Å². The number of amides is 1. The number of methoxy groups -OCH3 is 2. The van der Waals surface area contributed by atoms with Crippen LogP contribution in [0.2, 0.25) is 5.02 Å². The number of azo groups is 1. The van der Waals surface area contributed by atoms with Crippen LogP contribution >= 0.6 is 11.6 Å². The first kappa shape index (κ1) is 24.9. The third-order valence-corrected chi connectivity index (χ3v) is 4.44. The van der Waals surface area contributed by atoms with Crippen LogP contribution in [0.1, 0.15) is 20.8 Å². The van der Waals surface area contributed by atoms with Crippen molar-refractivity contribution in [3.63, 3.8) is 0 Å². The number of ketones is 1. The second-order valence-electron chi connectivity index (χ2n) is 6.41. The molecule has 32 heavy (non-hydrogen) atoms. The number of anilines is 1. The van der Waals surface area contributed by atoms with Gasteiger partial charge in [-0.3, -0.25) is 9.59 Å². The van der Waals surface area contributed by atoms with Gasteiger partial charge >= 0.3 is 0 Å². The van der Waals surface area contributed by atoms with Crippen molar-refractivity contribution in [2.24, 2.45) is 10.2 Å². The van der Waals surface area contributed by atoms with Gasteiger partial charge < -0.3 is 24.3 Å². The summed E-state index contributed by atoms with van der Waals surface area (Å²) in [7, 11) is 3.00. The number of rotatable bonds is 11. The number of Topliss-reactive ketones (excluding diaryl/α,β-unsaturated/α-hetero) is 1. The molecule has 1 atom stereocenters. The molecule has 10 heteroatoms. The maximum absolute atomic E-state index is 12.9. The fraction of sp³-hybridized carbons (Fsp3) is 0.364. The molecule has 1 amide bonds. The lowest BCUT2D eigenvalue weighted by Gasteiger charge is -2.16. The van der Waals surface area contributed by atoms with Crippen LogP contribution in [0.3, 0.4) is 0 Å². The lowest BCUT2D eigenvalue weighted by atomic mass is 10.2. The van der Waals surface area contributed by atoms with Crippen LogP contribution in [0.5, 0.6) is 23.0 Å². The summed E-state index contributed by atoms with van der Waals surface area (Å²) >= 11 is 6.28. The third-order valence-electron chi connectivity index (χ3n) is 4.16. The van der Waals surface area contributed by atoms with E-state index < -0.39 is 17.7 Å². The van der Waals surface area contributed by atoms with E-state index in [2.05, 4.69) is 15.5 Å². The van der Waals surface area contributed by atoms with Crippen LogP contribution in [0.25, 0.3) is 0 Å². The number of hydrogen-bond acceptors (Lipinski definition) is 8. The molecule has 0 spiro atoms. The highest BCUT2D eigenvalue weighted by Crippen LogP contribution is 2.38. The van der Waals surface area contributed by atoms with Crippen LogP contribution in [0.15, 0.2) is 40.6 Å². The van der Waals surface area contributed by atoms with Crippen LogP contribution in [0.4, 0.5) is 11.4 Å². The van der Waals surface area contributed by atoms with Crippen LogP contribution in [0, 0.1) is 0 Å². The molecule has 2 rings (SSSR count). The van der Waals surface area contributed by atoms with Crippen LogP contribution in [-0.4, -0.2) is 45.2 Å². The van der Waals surface area contributed by atoms with Gasteiger partial charge in [-0.05, 0) is 32.9 Å². The Morgan fingerprint density at radius 1 is 1.03 bits per heavy atom. The maximum Gasteiger partial charge on any atom is 0.258 e. The Morgan fingerprint density at radius 3 is 2.31 bits per heavy atom. The highest BCUT2D eigenvalue weighted by molar-refractivity contribution is 6.33. The van der Waals surface area contributed by atoms with Crippen molar-refractivity contribution in [3.8, 4) is 23.0 Å². The van der Waals surface area contributed by atoms with E-state index in [9.17, 15) is 9.59 Å². The fourth-order valence-corrected chi connectivity index (χ4v) is 3.00. The number of carbonyl (C=O) groups is 2. The van der Waals surface area contributed by atoms with Crippen molar-refractivity contribution in [3.05, 3.63) is 35.4 Å². The molecular weight excluding hydrogens is 438 g/mol. The van der Waals surface area contributed by atoms with Gasteiger partial charge in [-0.2, -0.15) is 10.2 Å². The summed E-state index contributed by atoms with van der Waals surface area (Å²) in [5.74, 6) is 0.496. The van der Waals surface area contributed by atoms with Gasteiger partial charge in [0.15, 0.2) is 23.0 Å². The zero-order chi connectivity index (χ0) is 23.7. The van der Waals surface area contributed by atoms with Gasteiger partial charge in [-0.25, -0.2) is 0 Å². The zero-order valence-corrected chi connectivity index (χ0v) is 19.4. The van der Waals surface area contributed by atoms with Gasteiger partial charge in [-0.15, -0.1) is 0 Å². The second-order valence-corrected chi connectivity index (χ2v) is 6.81. The van der Waals surface area contributed by atoms with Crippen molar-refractivity contribution in [2.75, 3.05) is 32.8 Å². The highest BCUT2D eigenvalue weighted by Gasteiger charge is 2.25. The second kappa shape index (κ2) is 11.9. The molecule has 0 heterocycles. The van der Waals surface area contributed by atoms with E-state index >= 15 is 0 Å². The molecule has 1 unspecified atom stereocenters. The Morgan fingerprint density at radius 2 is 1.72 bits per heavy atom. The van der Waals surface area contributed by atoms with Gasteiger partial charge in [0.1, 0.15) is 5.75 Å². The van der Waals surface area contributed by atoms with E-state index in [4.69, 9.17) is 30.5 Å². The Balaban J connectivity index is 2.31. The van der Waals surface area contributed by atoms with Crippen molar-refractivity contribution in [1.82, 2.24) is 0 Å². The van der Waals surface area contributed by atoms with Crippen LogP contribution < -0.4 is 24.3 Å². The highest BCUT2D eigenvalue weighted by atomic mass is 35.5. The van der Waals surface area contributed by atoms with E-state index in [-0.39, 0.29) is 16.5 Å². The molecule has 0 fully saturated rings. The summed E-state index contributed by atoms with van der Waals surface area (Å²) < 4.78 is 21.4. The predicted octanol–water partition coefficient (Wildman–Crippen LogP) is 4.83. The molecule has 0 aliphatic heterocycles. The number of carbonyl (C=O) groups excluding carboxylic acids is 2. The molecule has 2 aromatic rings. The minimum absolute atomic E-state index is 0.263. The molecule has 0 saturated heterocycles. The number of nitrogens with one attached hydrogen (secondary N) is 1. The number of ether oxygens (including phenoxy) is 4. The summed E-state index contributed by atoms with van der Waals surface area (Å²) in [4.78, 5) is 25.0. The smallest absolute Gasteiger partial charge is 0.258 e. The molecule has 0 radical (unpaired) electrons. The standard InChI is InChI=1S/C22H26ClN3O6/c1-6-31-15-11-16(23)21(32-7-2)17(12-15)24-22(28)20(13(3)27)26-25-14-8-9-18(29-4)19(10-14)30-5/h8-12,20H,6-7H2,1-5H3,(H,24,28). The largest absolute Gasteiger partial charge is 0.494 e. The summed E-state index contributed by atoms with van der Waals surface area (Å²) in [5.41, 5.74) is 0.651. The normalized spacial score (nSPS) is 11.7. The Labute approximate surface area is 191 Å². The molecule has 172 valence electrons. The average molecular weight is 464 g/mol. The molecule has 0 bridgehead atoms. The van der Waals surface area contributed by atoms with Gasteiger partial charge in [-0.1, -0.05) is 11.6 Å². The maximum atomic E-state index is 12.9. The van der Waals surface area contributed by atoms with Crippen molar-refractivity contribution in [1.29, 1.82) is 0 Å². The zero-order valence-electron chi connectivity index (χ0n) is 18.6. The SMILES string of the molecule is CCOc1cc(Cl)c(OCC)c(NC(=O)C(N=Nc2ccc(OC)c(OC)c2)C(C)=O)c1. The lowest BCUT2D eigenvalue weighted by molar-refractivity contribution is -0.126. The number of hydrogen-bond donors (Lipinski definition) is 1. The first-order valence-electron chi connectivity index (χ1n) is 9.87. The molecular formula is C22H26ClN3O6. The molecule has 9 nitrogen and oxygen atoms in total. The number of benzene rings is 2. The fourth-order valence-electron chi connectivity index (χ4n) is 2.73. The molecule has 1 N–H and O–H groups in total. The number of halogens is 1. The minimum Gasteiger partial charge on any atom is -0.494 e. The predicted molar refractivity (Wildman–Crippen MR) is 121 cm³/mol. The van der Waals surface area contributed by atoms with Gasteiger partial charge in [0, 0.05) is 18.2 Å². The first-order valence-corrected chi connectivity index (χ1v) is 10.3.